The number of benzene rings is 1. The molecule has 1 unspecified atom stereocenters. The Kier molecular flexibility index (Phi) is 3.17. The molecule has 1 aromatic rings. The summed E-state index contributed by atoms with van der Waals surface area (Å²) in [7, 11) is 0. The Balaban J connectivity index is 1.78. The van der Waals surface area contributed by atoms with Crippen LogP contribution in [0, 0.1) is 16.6 Å². The van der Waals surface area contributed by atoms with E-state index in [1.54, 1.807) is 12.1 Å². The number of aromatic hydroxyl groups is 1. The van der Waals surface area contributed by atoms with E-state index in [9.17, 15) is 9.90 Å². The number of phenols is 1. The summed E-state index contributed by atoms with van der Waals surface area (Å²) in [5, 5.41) is 18.6. The van der Waals surface area contributed by atoms with Crippen LogP contribution in [0.3, 0.4) is 0 Å². The van der Waals surface area contributed by atoms with Gasteiger partial charge in [0, 0.05) is 24.7 Å². The molecule has 1 spiro atoms. The normalized spacial score (nSPS) is 25.1. The van der Waals surface area contributed by atoms with Gasteiger partial charge in [0.1, 0.15) is 5.75 Å². The molecule has 2 heterocycles. The molecule has 3 rings (SSSR count). The van der Waals surface area contributed by atoms with Gasteiger partial charge in [-0.3, -0.25) is 4.79 Å². The van der Waals surface area contributed by atoms with Crippen molar-refractivity contribution in [2.24, 2.45) is 5.41 Å². The molecule has 0 bridgehead atoms. The highest BCUT2D eigenvalue weighted by molar-refractivity contribution is 6.67. The predicted molar refractivity (Wildman–Crippen MR) is 78.4 cm³/mol. The van der Waals surface area contributed by atoms with Gasteiger partial charge in [0.25, 0.3) is 6.71 Å². The number of nitrogens with zero attached hydrogens (tertiary/aromatic N) is 2. The summed E-state index contributed by atoms with van der Waals surface area (Å²) in [5.41, 5.74) is 1.60. The zero-order chi connectivity index (χ0) is 14.2. The number of carbonyl (C=O) groups excluding carboxylic acids is 1. The molecule has 2 aliphatic heterocycles. The number of nitriles is 1. The fourth-order valence-corrected chi connectivity index (χ4v) is 3.68. The number of carbonyl (C=O) groups is 1. The van der Waals surface area contributed by atoms with E-state index in [-0.39, 0.29) is 17.9 Å². The molecule has 0 amide bonds. The number of anilines is 1. The highest BCUT2D eigenvalue weighted by atomic mass is 16.3. The third kappa shape index (κ3) is 2.16. The van der Waals surface area contributed by atoms with Gasteiger partial charge in [0.05, 0.1) is 5.56 Å². The van der Waals surface area contributed by atoms with Crippen LogP contribution < -0.4 is 4.90 Å². The summed E-state index contributed by atoms with van der Waals surface area (Å²) in [6.45, 7) is 2.12. The first-order chi connectivity index (χ1) is 9.65. The summed E-state index contributed by atoms with van der Waals surface area (Å²) >= 11 is 0. The van der Waals surface area contributed by atoms with Crippen LogP contribution in [0.4, 0.5) is 5.69 Å². The first-order valence-corrected chi connectivity index (χ1v) is 7.09. The molecule has 0 aliphatic carbocycles. The molecule has 0 saturated carbocycles. The number of hydrogen-bond donors (Lipinski definition) is 1. The molecule has 1 atom stereocenters. The van der Waals surface area contributed by atoms with Crippen molar-refractivity contribution >= 4 is 18.7 Å². The molecule has 2 saturated heterocycles. The van der Waals surface area contributed by atoms with Gasteiger partial charge in [-0.15, -0.1) is 0 Å². The summed E-state index contributed by atoms with van der Waals surface area (Å²) in [5.74, 6) is 2.43. The Hall–Kier alpha value is -1.96. The lowest BCUT2D eigenvalue weighted by Gasteiger charge is -2.25. The van der Waals surface area contributed by atoms with Gasteiger partial charge in [0.2, 0.25) is 0 Å². The smallest absolute Gasteiger partial charge is 0.268 e. The van der Waals surface area contributed by atoms with Crippen LogP contribution in [0.1, 0.15) is 23.2 Å². The molecular weight excluding hydrogens is 251 g/mol. The highest BCUT2D eigenvalue weighted by Gasteiger charge is 2.45. The lowest BCUT2D eigenvalue weighted by atomic mass is 9.48. The van der Waals surface area contributed by atoms with Crippen LogP contribution in [-0.4, -0.2) is 31.2 Å². The third-order valence-corrected chi connectivity index (χ3v) is 4.83. The topological polar surface area (TPSA) is 64.3 Å². The van der Waals surface area contributed by atoms with E-state index in [1.165, 1.54) is 0 Å². The second kappa shape index (κ2) is 4.86. The van der Waals surface area contributed by atoms with Crippen LogP contribution in [0.15, 0.2) is 18.2 Å². The van der Waals surface area contributed by atoms with E-state index in [1.807, 2.05) is 6.07 Å². The SMILES string of the molecule is N#CB1CCC2(CCN(c3ccc(O)c(C=O)c3)C2)C1. The molecular formula is C15H17BN2O2. The number of aldehydes is 1. The van der Waals surface area contributed by atoms with Crippen LogP contribution in [0.25, 0.3) is 0 Å². The molecule has 0 radical (unpaired) electrons. The summed E-state index contributed by atoms with van der Waals surface area (Å²) in [4.78, 5) is 13.2. The summed E-state index contributed by atoms with van der Waals surface area (Å²) < 4.78 is 0. The maximum absolute atomic E-state index is 10.9. The van der Waals surface area contributed by atoms with Crippen molar-refractivity contribution in [1.29, 1.82) is 5.26 Å². The van der Waals surface area contributed by atoms with Gasteiger partial charge in [0.15, 0.2) is 6.29 Å². The first-order valence-electron chi connectivity index (χ1n) is 7.09. The Labute approximate surface area is 119 Å². The van der Waals surface area contributed by atoms with Gasteiger partial charge >= 0.3 is 0 Å². The predicted octanol–water partition coefficient (Wildman–Crippen LogP) is 2.36. The lowest BCUT2D eigenvalue weighted by molar-refractivity contribution is 0.112. The fourth-order valence-electron chi connectivity index (χ4n) is 3.68. The van der Waals surface area contributed by atoms with E-state index < -0.39 is 0 Å². The van der Waals surface area contributed by atoms with Crippen molar-refractivity contribution in [2.75, 3.05) is 18.0 Å². The molecule has 2 fully saturated rings. The van der Waals surface area contributed by atoms with Crippen molar-refractivity contribution < 1.29 is 9.90 Å². The molecule has 5 heteroatoms. The first kappa shape index (κ1) is 13.0. The van der Waals surface area contributed by atoms with Gasteiger partial charge in [-0.25, -0.2) is 5.26 Å². The third-order valence-electron chi connectivity index (χ3n) is 4.83. The monoisotopic (exact) mass is 268 g/mol. The maximum atomic E-state index is 10.9. The van der Waals surface area contributed by atoms with E-state index in [0.717, 1.165) is 44.3 Å². The lowest BCUT2D eigenvalue weighted by Crippen LogP contribution is -2.25. The minimum absolute atomic E-state index is 0.0306. The maximum Gasteiger partial charge on any atom is 0.268 e. The highest BCUT2D eigenvalue weighted by Crippen LogP contribution is 2.47. The van der Waals surface area contributed by atoms with E-state index >= 15 is 0 Å². The zero-order valence-electron chi connectivity index (χ0n) is 11.4. The number of phenolic OH excluding ortho intramolecular Hbond substituents is 1. The minimum atomic E-state index is 0.0306. The molecule has 102 valence electrons. The Morgan fingerprint density at radius 2 is 2.30 bits per heavy atom. The van der Waals surface area contributed by atoms with Gasteiger partial charge in [-0.2, -0.15) is 0 Å². The zero-order valence-corrected chi connectivity index (χ0v) is 11.4. The molecule has 2 aliphatic rings. The van der Waals surface area contributed by atoms with E-state index in [2.05, 4.69) is 10.9 Å². The van der Waals surface area contributed by atoms with Gasteiger partial charge < -0.3 is 10.0 Å². The molecule has 1 N–H and O–H groups in total. The molecule has 20 heavy (non-hydrogen) atoms. The van der Waals surface area contributed by atoms with Gasteiger partial charge in [-0.05, 0) is 30.0 Å². The minimum Gasteiger partial charge on any atom is -0.507 e. The second-order valence-electron chi connectivity index (χ2n) is 6.10. The Bertz CT molecular complexity index is 584. The van der Waals surface area contributed by atoms with E-state index in [4.69, 9.17) is 5.26 Å². The van der Waals surface area contributed by atoms with Crippen LogP contribution in [0.5, 0.6) is 5.75 Å². The average molecular weight is 268 g/mol. The number of rotatable bonds is 2. The fraction of sp³-hybridized carbons (Fsp3) is 0.467. The average Bonchev–Trinajstić information content (AvgIpc) is 3.07. The van der Waals surface area contributed by atoms with Crippen molar-refractivity contribution in [1.82, 2.24) is 0 Å². The number of hydrogen-bond acceptors (Lipinski definition) is 4. The van der Waals surface area contributed by atoms with Gasteiger partial charge in [-0.1, -0.05) is 19.1 Å². The quantitative estimate of drug-likeness (QED) is 0.660. The van der Waals surface area contributed by atoms with Crippen LogP contribution in [0.2, 0.25) is 12.6 Å². The largest absolute Gasteiger partial charge is 0.507 e. The Morgan fingerprint density at radius 3 is 3.00 bits per heavy atom. The van der Waals surface area contributed by atoms with Crippen molar-refractivity contribution in [3.05, 3.63) is 23.8 Å². The second-order valence-corrected chi connectivity index (χ2v) is 6.10. The summed E-state index contributed by atoms with van der Waals surface area (Å²) in [6.07, 6.45) is 4.94. The standard InChI is InChI=1S/C15H17BN2O2/c17-11-16-5-3-15(9-16)4-6-18(10-15)13-1-2-14(20)12(7-13)8-19/h1-2,7-8,20H,3-6,9-10H2. The summed E-state index contributed by atoms with van der Waals surface area (Å²) in [6, 6.07) is 5.19. The van der Waals surface area contributed by atoms with Crippen LogP contribution in [-0.2, 0) is 0 Å². The Morgan fingerprint density at radius 1 is 1.45 bits per heavy atom. The molecule has 1 aromatic carbocycles. The molecule has 0 aromatic heterocycles. The van der Waals surface area contributed by atoms with Crippen molar-refractivity contribution in [3.8, 4) is 11.7 Å². The molecule has 4 nitrogen and oxygen atoms in total. The van der Waals surface area contributed by atoms with Crippen molar-refractivity contribution in [2.45, 2.75) is 25.5 Å². The van der Waals surface area contributed by atoms with Crippen LogP contribution >= 0.6 is 0 Å². The van der Waals surface area contributed by atoms with Crippen molar-refractivity contribution in [3.63, 3.8) is 0 Å². The van der Waals surface area contributed by atoms with E-state index in [0.29, 0.717) is 11.8 Å².